The minimum atomic E-state index is -3.69. The van der Waals surface area contributed by atoms with Crippen molar-refractivity contribution in [3.8, 4) is 0 Å². The molecule has 3 aromatic rings. The number of carbonyl (C=O) groups excluding carboxylic acids is 1. The molecule has 0 bridgehead atoms. The summed E-state index contributed by atoms with van der Waals surface area (Å²) < 4.78 is 43.3. The molecule has 2 fully saturated rings. The Morgan fingerprint density at radius 2 is 1.80 bits per heavy atom. The van der Waals surface area contributed by atoms with Gasteiger partial charge in [0.2, 0.25) is 21.9 Å². The fourth-order valence-corrected chi connectivity index (χ4v) is 7.55. The summed E-state index contributed by atoms with van der Waals surface area (Å²) in [5, 5.41) is 6.42. The van der Waals surface area contributed by atoms with Gasteiger partial charge in [0.25, 0.3) is 0 Å². The van der Waals surface area contributed by atoms with Gasteiger partial charge in [0, 0.05) is 37.1 Å². The summed E-state index contributed by atoms with van der Waals surface area (Å²) in [6.45, 7) is 4.90. The van der Waals surface area contributed by atoms with E-state index in [4.69, 9.17) is 0 Å². The van der Waals surface area contributed by atoms with Crippen LogP contribution in [-0.2, 0) is 21.2 Å². The fraction of sp³-hybridized carbons (Fsp3) is 0.414. The number of carbonyl (C=O) groups is 1. The van der Waals surface area contributed by atoms with Crippen LogP contribution in [-0.4, -0.2) is 78.8 Å². The standard InChI is InChI=1S/C29H34FN7O3S/c30-22-4-3-21-19-28(38)37(26(21)20-22)27-11-14-32-29(34-27)33-23-5-7-25(8-6-23)41(39,40)36(24-9-12-31-13-10-24)18-17-35-15-1-2-16-35/h3-8,11,14,20,24,31H,1-2,9-10,12-13,15-19H2,(H,32,33,34). The number of anilines is 4. The second kappa shape index (κ2) is 11.8. The number of rotatable bonds is 9. The molecule has 1 aromatic heterocycles. The van der Waals surface area contributed by atoms with Crippen molar-refractivity contribution in [1.82, 2.24) is 24.5 Å². The Kier molecular flexibility index (Phi) is 7.98. The van der Waals surface area contributed by atoms with E-state index >= 15 is 0 Å². The number of aromatic nitrogens is 2. The van der Waals surface area contributed by atoms with E-state index < -0.39 is 15.8 Å². The van der Waals surface area contributed by atoms with E-state index in [2.05, 4.69) is 25.5 Å². The second-order valence-corrected chi connectivity index (χ2v) is 12.6. The van der Waals surface area contributed by atoms with E-state index in [-0.39, 0.29) is 29.2 Å². The van der Waals surface area contributed by atoms with E-state index in [9.17, 15) is 17.6 Å². The maximum atomic E-state index is 13.9. The number of nitrogens with one attached hydrogen (secondary N) is 2. The van der Waals surface area contributed by atoms with Gasteiger partial charge in [-0.3, -0.25) is 9.69 Å². The van der Waals surface area contributed by atoms with Gasteiger partial charge in [-0.25, -0.2) is 17.8 Å². The van der Waals surface area contributed by atoms with Crippen LogP contribution >= 0.6 is 0 Å². The van der Waals surface area contributed by atoms with Crippen LogP contribution in [0.3, 0.4) is 0 Å². The first-order valence-corrected chi connectivity index (χ1v) is 15.6. The van der Waals surface area contributed by atoms with Crippen LogP contribution in [0.1, 0.15) is 31.2 Å². The summed E-state index contributed by atoms with van der Waals surface area (Å²) in [6, 6.07) is 12.4. The van der Waals surface area contributed by atoms with Gasteiger partial charge in [0.05, 0.1) is 17.0 Å². The highest BCUT2D eigenvalue weighted by molar-refractivity contribution is 7.89. The molecule has 216 valence electrons. The number of sulfonamides is 1. The zero-order valence-electron chi connectivity index (χ0n) is 22.8. The van der Waals surface area contributed by atoms with Gasteiger partial charge in [-0.1, -0.05) is 6.07 Å². The largest absolute Gasteiger partial charge is 0.324 e. The molecule has 0 saturated carbocycles. The molecule has 41 heavy (non-hydrogen) atoms. The van der Waals surface area contributed by atoms with Gasteiger partial charge in [0.1, 0.15) is 11.6 Å². The van der Waals surface area contributed by atoms with E-state index in [0.29, 0.717) is 23.7 Å². The first-order valence-electron chi connectivity index (χ1n) is 14.1. The first kappa shape index (κ1) is 27.7. The topological polar surface area (TPSA) is 111 Å². The van der Waals surface area contributed by atoms with Crippen molar-refractivity contribution in [1.29, 1.82) is 0 Å². The molecule has 10 nitrogen and oxygen atoms in total. The Bertz CT molecular complexity index is 1510. The molecular formula is C29H34FN7O3S. The molecule has 6 rings (SSSR count). The highest BCUT2D eigenvalue weighted by Crippen LogP contribution is 2.35. The Morgan fingerprint density at radius 1 is 1.05 bits per heavy atom. The lowest BCUT2D eigenvalue weighted by Crippen LogP contribution is -2.48. The number of likely N-dealkylation sites (tertiary alicyclic amines) is 1. The van der Waals surface area contributed by atoms with Gasteiger partial charge in [-0.2, -0.15) is 9.29 Å². The summed E-state index contributed by atoms with van der Waals surface area (Å²) >= 11 is 0. The number of piperidine rings is 1. The molecule has 3 aliphatic heterocycles. The molecule has 2 aromatic carbocycles. The number of benzene rings is 2. The van der Waals surface area contributed by atoms with E-state index in [1.165, 1.54) is 36.1 Å². The molecule has 2 N–H and O–H groups in total. The molecular weight excluding hydrogens is 545 g/mol. The van der Waals surface area contributed by atoms with Crippen LogP contribution in [0.4, 0.5) is 27.5 Å². The molecule has 3 aliphatic rings. The number of fused-ring (bicyclic) bond motifs is 1. The van der Waals surface area contributed by atoms with Crippen molar-refractivity contribution in [2.45, 2.75) is 43.0 Å². The predicted molar refractivity (Wildman–Crippen MR) is 154 cm³/mol. The summed E-state index contributed by atoms with van der Waals surface area (Å²) in [5.41, 5.74) is 1.81. The highest BCUT2D eigenvalue weighted by atomic mass is 32.2. The van der Waals surface area contributed by atoms with E-state index in [1.807, 2.05) is 0 Å². The number of hydrogen-bond acceptors (Lipinski definition) is 8. The zero-order valence-corrected chi connectivity index (χ0v) is 23.6. The fourth-order valence-electron chi connectivity index (χ4n) is 5.87. The average molecular weight is 580 g/mol. The van der Waals surface area contributed by atoms with Gasteiger partial charge < -0.3 is 15.5 Å². The zero-order chi connectivity index (χ0) is 28.4. The third kappa shape index (κ3) is 5.96. The quantitative estimate of drug-likeness (QED) is 0.397. The Morgan fingerprint density at radius 3 is 2.56 bits per heavy atom. The third-order valence-corrected chi connectivity index (χ3v) is 9.98. The Hall–Kier alpha value is -3.45. The van der Waals surface area contributed by atoms with Crippen LogP contribution in [0, 0.1) is 5.82 Å². The number of amides is 1. The van der Waals surface area contributed by atoms with Crippen molar-refractivity contribution < 1.29 is 17.6 Å². The van der Waals surface area contributed by atoms with Crippen LogP contribution in [0.2, 0.25) is 0 Å². The van der Waals surface area contributed by atoms with Crippen molar-refractivity contribution in [3.05, 3.63) is 66.1 Å². The van der Waals surface area contributed by atoms with Gasteiger partial charge >= 0.3 is 0 Å². The van der Waals surface area contributed by atoms with Crippen molar-refractivity contribution in [3.63, 3.8) is 0 Å². The van der Waals surface area contributed by atoms with Gasteiger partial charge in [-0.15, -0.1) is 0 Å². The van der Waals surface area contributed by atoms with Crippen LogP contribution in [0.5, 0.6) is 0 Å². The lowest BCUT2D eigenvalue weighted by atomic mass is 10.1. The van der Waals surface area contributed by atoms with Crippen LogP contribution in [0.25, 0.3) is 0 Å². The minimum absolute atomic E-state index is 0.0234. The van der Waals surface area contributed by atoms with Crippen LogP contribution < -0.4 is 15.5 Å². The predicted octanol–water partition coefficient (Wildman–Crippen LogP) is 3.42. The van der Waals surface area contributed by atoms with Crippen molar-refractivity contribution >= 4 is 39.1 Å². The van der Waals surface area contributed by atoms with Crippen LogP contribution in [0.15, 0.2) is 59.6 Å². The summed E-state index contributed by atoms with van der Waals surface area (Å²) in [5.74, 6) is -0.0714. The monoisotopic (exact) mass is 579 g/mol. The van der Waals surface area contributed by atoms with Crippen molar-refractivity contribution in [2.24, 2.45) is 0 Å². The molecule has 2 saturated heterocycles. The number of hydrogen-bond donors (Lipinski definition) is 2. The average Bonchev–Trinajstić information content (AvgIpc) is 3.61. The SMILES string of the molecule is O=C1Cc2ccc(F)cc2N1c1ccnc(Nc2ccc(S(=O)(=O)N(CCN3CCCC3)C3CCNCC3)cc2)n1. The molecule has 0 spiro atoms. The molecule has 12 heteroatoms. The first-order chi connectivity index (χ1) is 19.9. The summed E-state index contributed by atoms with van der Waals surface area (Å²) in [6.07, 6.45) is 5.62. The maximum absolute atomic E-state index is 13.9. The van der Waals surface area contributed by atoms with E-state index in [1.54, 1.807) is 40.7 Å². The Balaban J connectivity index is 1.19. The Labute approximate surface area is 239 Å². The molecule has 0 aliphatic carbocycles. The smallest absolute Gasteiger partial charge is 0.243 e. The highest BCUT2D eigenvalue weighted by Gasteiger charge is 2.33. The molecule has 4 heterocycles. The van der Waals surface area contributed by atoms with E-state index in [0.717, 1.165) is 51.1 Å². The second-order valence-electron chi connectivity index (χ2n) is 10.7. The normalized spacial score (nSPS) is 18.3. The minimum Gasteiger partial charge on any atom is -0.324 e. The van der Waals surface area contributed by atoms with Crippen molar-refractivity contribution in [2.75, 3.05) is 49.5 Å². The summed E-state index contributed by atoms with van der Waals surface area (Å²) in [4.78, 5) is 25.4. The lowest BCUT2D eigenvalue weighted by molar-refractivity contribution is -0.116. The summed E-state index contributed by atoms with van der Waals surface area (Å²) in [7, 11) is -3.69. The third-order valence-electron chi connectivity index (χ3n) is 8.02. The van der Waals surface area contributed by atoms with Gasteiger partial charge in [0.15, 0.2) is 0 Å². The van der Waals surface area contributed by atoms with Gasteiger partial charge in [-0.05, 0) is 93.8 Å². The lowest BCUT2D eigenvalue weighted by Gasteiger charge is -2.34. The number of nitrogens with zero attached hydrogens (tertiary/aromatic N) is 5. The molecule has 0 unspecified atom stereocenters. The molecule has 0 radical (unpaired) electrons. The maximum Gasteiger partial charge on any atom is 0.243 e. The number of halogens is 1. The molecule has 1 amide bonds. The molecule has 0 atom stereocenters.